The molecule has 1 aromatic carbocycles. The molecule has 1 aliphatic carbocycles. The van der Waals surface area contributed by atoms with Gasteiger partial charge in [0.15, 0.2) is 17.2 Å². The molecule has 34 heavy (non-hydrogen) atoms. The third-order valence-electron chi connectivity index (χ3n) is 5.36. The first-order valence-corrected chi connectivity index (χ1v) is 12.5. The first-order chi connectivity index (χ1) is 16.3. The summed E-state index contributed by atoms with van der Waals surface area (Å²) >= 11 is -1.07. The highest BCUT2D eigenvalue weighted by atomic mass is 32.2. The van der Waals surface area contributed by atoms with Crippen molar-refractivity contribution in [3.05, 3.63) is 41.7 Å². The molecule has 2 heterocycles. The molecule has 1 saturated carbocycles. The average molecular weight is 483 g/mol. The van der Waals surface area contributed by atoms with Gasteiger partial charge in [-0.2, -0.15) is 9.78 Å². The molecule has 0 spiro atoms. The predicted octanol–water partition coefficient (Wildman–Crippen LogP) is 2.50. The Hall–Kier alpha value is -3.69. The quantitative estimate of drug-likeness (QED) is 0.319. The molecule has 2 aromatic heterocycles. The zero-order chi connectivity index (χ0) is 24.2. The average Bonchev–Trinajstić information content (AvgIpc) is 3.49. The molecule has 0 saturated heterocycles. The van der Waals surface area contributed by atoms with Crippen molar-refractivity contribution in [3.8, 4) is 6.07 Å². The second-order valence-corrected chi connectivity index (χ2v) is 9.63. The van der Waals surface area contributed by atoms with E-state index >= 15 is 0 Å². The summed E-state index contributed by atoms with van der Waals surface area (Å²) in [5, 5.41) is 31.8. The molecule has 12 heteroatoms. The Morgan fingerprint density at radius 2 is 2.21 bits per heavy atom. The van der Waals surface area contributed by atoms with Gasteiger partial charge in [-0.3, -0.25) is 0 Å². The van der Waals surface area contributed by atoms with Crippen LogP contribution >= 0.6 is 0 Å². The number of hydrogen-bond donors (Lipinski definition) is 4. The molecule has 0 bridgehead atoms. The van der Waals surface area contributed by atoms with E-state index in [2.05, 4.69) is 32.1 Å². The van der Waals surface area contributed by atoms with Crippen LogP contribution in [-0.4, -0.2) is 62.8 Å². The Balaban J connectivity index is 1.61. The van der Waals surface area contributed by atoms with E-state index in [0.29, 0.717) is 35.5 Å². The van der Waals surface area contributed by atoms with Crippen LogP contribution in [0.4, 0.5) is 27.7 Å². The Bertz CT molecular complexity index is 1230. The summed E-state index contributed by atoms with van der Waals surface area (Å²) < 4.78 is 13.5. The number of aromatic nitrogens is 3. The summed E-state index contributed by atoms with van der Waals surface area (Å²) in [5.74, 6) is 0.892. The first kappa shape index (κ1) is 23.5. The van der Waals surface area contributed by atoms with Crippen molar-refractivity contribution in [1.82, 2.24) is 19.9 Å². The number of carboxylic acid groups (broad SMARTS) is 1. The van der Waals surface area contributed by atoms with Gasteiger partial charge in [-0.25, -0.2) is 9.78 Å². The van der Waals surface area contributed by atoms with E-state index in [1.807, 2.05) is 36.2 Å². The van der Waals surface area contributed by atoms with Crippen LogP contribution < -0.4 is 20.9 Å². The van der Waals surface area contributed by atoms with Crippen molar-refractivity contribution in [3.63, 3.8) is 0 Å². The van der Waals surface area contributed by atoms with Gasteiger partial charge >= 0.3 is 6.09 Å². The van der Waals surface area contributed by atoms with Crippen LogP contribution in [0.15, 0.2) is 30.5 Å². The molecule has 1 fully saturated rings. The molecular weight excluding hydrogens is 456 g/mol. The van der Waals surface area contributed by atoms with Crippen molar-refractivity contribution >= 4 is 45.8 Å². The highest BCUT2D eigenvalue weighted by molar-refractivity contribution is 7.89. The number of amides is 1. The fraction of sp³-hybridized carbons (Fsp3) is 0.364. The smallest absolute Gasteiger partial charge is 0.404 e. The minimum atomic E-state index is -1.07. The molecule has 11 nitrogen and oxygen atoms in total. The van der Waals surface area contributed by atoms with Gasteiger partial charge in [0, 0.05) is 49.2 Å². The van der Waals surface area contributed by atoms with Gasteiger partial charge in [-0.05, 0) is 31.0 Å². The number of benzene rings is 1. The lowest BCUT2D eigenvalue weighted by atomic mass is 10.1. The number of likely N-dealkylation sites (N-methyl/N-ethyl adjacent to an activating group) is 1. The molecule has 3 aromatic rings. The van der Waals surface area contributed by atoms with Gasteiger partial charge in [-0.15, -0.1) is 5.10 Å². The van der Waals surface area contributed by atoms with Crippen molar-refractivity contribution in [2.24, 2.45) is 0 Å². The normalized spacial score (nSPS) is 13.8. The maximum Gasteiger partial charge on any atom is 0.404 e. The molecule has 1 aliphatic rings. The lowest BCUT2D eigenvalue weighted by Crippen LogP contribution is -2.32. The lowest BCUT2D eigenvalue weighted by molar-refractivity contribution is 0.195. The highest BCUT2D eigenvalue weighted by Crippen LogP contribution is 2.31. The van der Waals surface area contributed by atoms with Crippen molar-refractivity contribution in [2.45, 2.75) is 24.6 Å². The van der Waals surface area contributed by atoms with Crippen LogP contribution in [0.2, 0.25) is 0 Å². The maximum atomic E-state index is 12.0. The second kappa shape index (κ2) is 10.1. The Morgan fingerprint density at radius 3 is 2.88 bits per heavy atom. The molecule has 0 aliphatic heterocycles. The fourth-order valence-corrected chi connectivity index (χ4v) is 4.30. The van der Waals surface area contributed by atoms with Gasteiger partial charge in [0.05, 0.1) is 18.1 Å². The van der Waals surface area contributed by atoms with Crippen molar-refractivity contribution < 1.29 is 14.5 Å². The number of rotatable bonds is 10. The molecular formula is C22H26N8O3S. The first-order valence-electron chi connectivity index (χ1n) is 10.8. The van der Waals surface area contributed by atoms with E-state index in [0.717, 1.165) is 35.5 Å². The molecule has 1 atom stereocenters. The largest absolute Gasteiger partial charge is 0.616 e. The van der Waals surface area contributed by atoms with Crippen LogP contribution in [0, 0.1) is 11.3 Å². The standard InChI is InChI=1S/C22H26N8O3S/c1-29(8-7-24-22(31)32)19-6-5-16(9-14(19)13-34(2)33)27-20-10-18(26-15-3-4-15)21-25-12-17(11-23)30(21)28-20/h5-6,9-10,12,15,24,26H,3-4,7-8,13H2,1-2H3,(H,27,28)(H,31,32). The number of nitriles is 1. The number of carbonyl (C=O) groups is 1. The maximum absolute atomic E-state index is 12.0. The topological polar surface area (TPSA) is 154 Å². The molecule has 4 rings (SSSR count). The Kier molecular flexibility index (Phi) is 6.95. The zero-order valence-electron chi connectivity index (χ0n) is 18.9. The number of hydrogen-bond acceptors (Lipinski definition) is 8. The van der Waals surface area contributed by atoms with E-state index in [1.165, 1.54) is 10.7 Å². The minimum absolute atomic E-state index is 0.271. The number of imidazole rings is 1. The molecule has 0 radical (unpaired) electrons. The summed E-state index contributed by atoms with van der Waals surface area (Å²) in [6.07, 6.45) is 4.27. The van der Waals surface area contributed by atoms with Crippen molar-refractivity contribution in [1.29, 1.82) is 5.26 Å². The van der Waals surface area contributed by atoms with Gasteiger partial charge < -0.3 is 30.5 Å². The molecule has 178 valence electrons. The summed E-state index contributed by atoms with van der Waals surface area (Å²) in [4.78, 5) is 17.0. The van der Waals surface area contributed by atoms with Crippen LogP contribution in [0.25, 0.3) is 5.65 Å². The van der Waals surface area contributed by atoms with Gasteiger partial charge in [0.2, 0.25) is 0 Å². The monoisotopic (exact) mass is 482 g/mol. The summed E-state index contributed by atoms with van der Waals surface area (Å²) in [6.45, 7) is 0.738. The summed E-state index contributed by atoms with van der Waals surface area (Å²) in [5.41, 5.74) is 4.23. The SMILES string of the molecule is CN(CCNC(=O)O)c1ccc(Nc2cc(NC3CC3)c3ncc(C#N)n3n2)cc1C[S+](C)[O-]. The number of nitrogens with zero attached hydrogens (tertiary/aromatic N) is 5. The van der Waals surface area contributed by atoms with E-state index in [9.17, 15) is 14.6 Å². The Morgan fingerprint density at radius 1 is 1.41 bits per heavy atom. The van der Waals surface area contributed by atoms with Crippen LogP contribution in [0.3, 0.4) is 0 Å². The van der Waals surface area contributed by atoms with Gasteiger partial charge in [-0.1, -0.05) is 11.2 Å². The van der Waals surface area contributed by atoms with Crippen LogP contribution in [0.5, 0.6) is 0 Å². The highest BCUT2D eigenvalue weighted by Gasteiger charge is 2.23. The minimum Gasteiger partial charge on any atom is -0.616 e. The van der Waals surface area contributed by atoms with Crippen LogP contribution in [-0.2, 0) is 16.9 Å². The summed E-state index contributed by atoms with van der Waals surface area (Å²) in [6, 6.07) is 10.1. The zero-order valence-corrected chi connectivity index (χ0v) is 19.7. The van der Waals surface area contributed by atoms with E-state index in [4.69, 9.17) is 5.11 Å². The summed E-state index contributed by atoms with van der Waals surface area (Å²) in [7, 11) is 1.86. The molecule has 1 amide bonds. The van der Waals surface area contributed by atoms with Gasteiger partial charge in [0.1, 0.15) is 11.8 Å². The van der Waals surface area contributed by atoms with Crippen LogP contribution in [0.1, 0.15) is 24.1 Å². The lowest BCUT2D eigenvalue weighted by Gasteiger charge is -2.23. The fourth-order valence-electron chi connectivity index (χ4n) is 3.63. The second-order valence-electron chi connectivity index (χ2n) is 8.19. The predicted molar refractivity (Wildman–Crippen MR) is 131 cm³/mol. The van der Waals surface area contributed by atoms with E-state index < -0.39 is 17.3 Å². The van der Waals surface area contributed by atoms with Gasteiger partial charge in [0.25, 0.3) is 0 Å². The molecule has 1 unspecified atom stereocenters. The third kappa shape index (κ3) is 5.62. The van der Waals surface area contributed by atoms with E-state index in [1.54, 1.807) is 6.26 Å². The Labute approximate surface area is 200 Å². The molecule has 4 N–H and O–H groups in total. The van der Waals surface area contributed by atoms with Crippen molar-refractivity contribution in [2.75, 3.05) is 41.9 Å². The number of anilines is 4. The number of fused-ring (bicyclic) bond motifs is 1. The van der Waals surface area contributed by atoms with E-state index in [-0.39, 0.29) is 6.54 Å². The number of nitrogens with one attached hydrogen (secondary N) is 3. The third-order valence-corrected chi connectivity index (χ3v) is 6.08.